The summed E-state index contributed by atoms with van der Waals surface area (Å²) in [6.45, 7) is 0.224. The number of amides is 1. The van der Waals surface area contributed by atoms with E-state index >= 15 is 0 Å². The fourth-order valence-corrected chi connectivity index (χ4v) is 3.39. The molecule has 8 heteroatoms. The summed E-state index contributed by atoms with van der Waals surface area (Å²) < 4.78 is 39.9. The summed E-state index contributed by atoms with van der Waals surface area (Å²) >= 11 is 0. The second-order valence-electron chi connectivity index (χ2n) is 5.84. The Balaban J connectivity index is 1.58. The summed E-state index contributed by atoms with van der Waals surface area (Å²) in [6, 6.07) is 19.7. The first-order chi connectivity index (χ1) is 13.4. The third kappa shape index (κ3) is 5.15. The van der Waals surface area contributed by atoms with Gasteiger partial charge in [0, 0.05) is 11.3 Å². The van der Waals surface area contributed by atoms with Crippen molar-refractivity contribution >= 4 is 21.6 Å². The Kier molecular flexibility index (Phi) is 6.03. The van der Waals surface area contributed by atoms with Crippen LogP contribution >= 0.6 is 0 Å². The van der Waals surface area contributed by atoms with Crippen molar-refractivity contribution in [3.63, 3.8) is 0 Å². The third-order valence-corrected chi connectivity index (χ3v) is 5.17. The fourth-order valence-electron chi connectivity index (χ4n) is 2.34. The maximum absolute atomic E-state index is 12.9. The van der Waals surface area contributed by atoms with Crippen molar-refractivity contribution in [2.75, 3.05) is 4.72 Å². The molecule has 6 nitrogen and oxygen atoms in total. The number of halogens is 1. The zero-order chi connectivity index (χ0) is 20.0. The molecular formula is C20H17FN2O4S. The molecule has 0 unspecified atom stereocenters. The molecule has 1 amide bonds. The molecule has 0 aliphatic rings. The third-order valence-electron chi connectivity index (χ3n) is 3.77. The Hall–Kier alpha value is -3.23. The minimum atomic E-state index is -3.85. The van der Waals surface area contributed by atoms with Crippen LogP contribution in [0.25, 0.3) is 0 Å². The number of carbonyl (C=O) groups excluding carboxylic acids is 1. The lowest BCUT2D eigenvalue weighted by Gasteiger charge is -2.09. The van der Waals surface area contributed by atoms with Gasteiger partial charge in [-0.25, -0.2) is 18.3 Å². The van der Waals surface area contributed by atoms with E-state index in [1.807, 2.05) is 30.3 Å². The van der Waals surface area contributed by atoms with E-state index in [-0.39, 0.29) is 17.2 Å². The lowest BCUT2D eigenvalue weighted by molar-refractivity contribution is 0.0233. The molecule has 3 aromatic rings. The molecule has 2 N–H and O–H groups in total. The zero-order valence-electron chi connectivity index (χ0n) is 14.6. The number of hydroxylamine groups is 1. The van der Waals surface area contributed by atoms with Crippen molar-refractivity contribution in [1.82, 2.24) is 5.48 Å². The van der Waals surface area contributed by atoms with Gasteiger partial charge in [-0.2, -0.15) is 0 Å². The second kappa shape index (κ2) is 8.64. The van der Waals surface area contributed by atoms with E-state index in [2.05, 4.69) is 10.2 Å². The molecule has 0 radical (unpaired) electrons. The molecular weight excluding hydrogens is 383 g/mol. The highest BCUT2D eigenvalue weighted by molar-refractivity contribution is 7.92. The van der Waals surface area contributed by atoms with E-state index in [9.17, 15) is 17.6 Å². The van der Waals surface area contributed by atoms with Crippen molar-refractivity contribution in [3.05, 3.63) is 95.8 Å². The summed E-state index contributed by atoms with van der Waals surface area (Å²) in [4.78, 5) is 17.2. The molecule has 3 rings (SSSR count). The number of hydrogen-bond donors (Lipinski definition) is 2. The van der Waals surface area contributed by atoms with Crippen LogP contribution in [0.3, 0.4) is 0 Å². The molecule has 0 saturated carbocycles. The Labute approximate surface area is 162 Å². The van der Waals surface area contributed by atoms with Crippen molar-refractivity contribution in [2.45, 2.75) is 11.5 Å². The molecule has 3 aromatic carbocycles. The van der Waals surface area contributed by atoms with E-state index in [1.54, 1.807) is 0 Å². The van der Waals surface area contributed by atoms with E-state index in [4.69, 9.17) is 4.84 Å². The van der Waals surface area contributed by atoms with Crippen LogP contribution in [0.1, 0.15) is 15.9 Å². The maximum atomic E-state index is 12.9. The molecule has 0 saturated heterocycles. The average Bonchev–Trinajstić information content (AvgIpc) is 2.69. The molecule has 0 heterocycles. The van der Waals surface area contributed by atoms with Crippen molar-refractivity contribution < 1.29 is 22.4 Å². The number of benzene rings is 3. The van der Waals surface area contributed by atoms with Crippen LogP contribution in [-0.2, 0) is 21.5 Å². The summed E-state index contributed by atoms with van der Waals surface area (Å²) in [7, 11) is -3.85. The normalized spacial score (nSPS) is 11.0. The van der Waals surface area contributed by atoms with Gasteiger partial charge in [0.2, 0.25) is 0 Å². The number of carbonyl (C=O) groups is 1. The Bertz CT molecular complexity index is 1040. The number of nitrogens with one attached hydrogen (secondary N) is 2. The fraction of sp³-hybridized carbons (Fsp3) is 0.0500. The average molecular weight is 400 g/mol. The molecule has 0 atom stereocenters. The number of sulfonamides is 1. The molecule has 0 bridgehead atoms. The van der Waals surface area contributed by atoms with Crippen molar-refractivity contribution in [1.29, 1.82) is 0 Å². The van der Waals surface area contributed by atoms with Crippen LogP contribution in [0, 0.1) is 5.82 Å². The van der Waals surface area contributed by atoms with Gasteiger partial charge in [-0.05, 0) is 54.1 Å². The molecule has 0 fully saturated rings. The van der Waals surface area contributed by atoms with Gasteiger partial charge in [0.25, 0.3) is 15.9 Å². The quantitative estimate of drug-likeness (QED) is 0.595. The van der Waals surface area contributed by atoms with Gasteiger partial charge in [0.1, 0.15) is 5.82 Å². The van der Waals surface area contributed by atoms with Gasteiger partial charge in [0.05, 0.1) is 11.5 Å². The van der Waals surface area contributed by atoms with Crippen LogP contribution in [0.15, 0.2) is 83.8 Å². The Morgan fingerprint density at radius 1 is 0.893 bits per heavy atom. The predicted octanol–water partition coefficient (Wildman–Crippen LogP) is 3.49. The van der Waals surface area contributed by atoms with Gasteiger partial charge < -0.3 is 0 Å². The van der Waals surface area contributed by atoms with Crippen LogP contribution < -0.4 is 10.2 Å². The predicted molar refractivity (Wildman–Crippen MR) is 102 cm³/mol. The first kappa shape index (κ1) is 19.5. The molecule has 0 aromatic heterocycles. The van der Waals surface area contributed by atoms with Crippen molar-refractivity contribution in [3.8, 4) is 0 Å². The van der Waals surface area contributed by atoms with Gasteiger partial charge in [-0.3, -0.25) is 14.4 Å². The Morgan fingerprint density at radius 2 is 1.54 bits per heavy atom. The summed E-state index contributed by atoms with van der Waals surface area (Å²) in [6.07, 6.45) is 0. The topological polar surface area (TPSA) is 84.5 Å². The summed E-state index contributed by atoms with van der Waals surface area (Å²) in [5, 5.41) is 0. The van der Waals surface area contributed by atoms with E-state index in [1.165, 1.54) is 36.4 Å². The minimum absolute atomic E-state index is 0.0648. The lowest BCUT2D eigenvalue weighted by atomic mass is 10.2. The molecule has 0 aliphatic carbocycles. The van der Waals surface area contributed by atoms with Crippen molar-refractivity contribution in [2.24, 2.45) is 0 Å². The van der Waals surface area contributed by atoms with Gasteiger partial charge >= 0.3 is 0 Å². The SMILES string of the molecule is O=C(NOCc1ccccc1)c1ccc(NS(=O)(=O)c2ccc(F)cc2)cc1. The van der Waals surface area contributed by atoms with E-state index in [0.717, 1.165) is 17.7 Å². The van der Waals surface area contributed by atoms with Crippen LogP contribution in [0.2, 0.25) is 0 Å². The van der Waals surface area contributed by atoms with Crippen LogP contribution in [-0.4, -0.2) is 14.3 Å². The van der Waals surface area contributed by atoms with Gasteiger partial charge in [-0.1, -0.05) is 30.3 Å². The monoisotopic (exact) mass is 400 g/mol. The van der Waals surface area contributed by atoms with Gasteiger partial charge in [-0.15, -0.1) is 0 Å². The molecule has 144 valence electrons. The second-order valence-corrected chi connectivity index (χ2v) is 7.52. The van der Waals surface area contributed by atoms with Crippen LogP contribution in [0.5, 0.6) is 0 Å². The highest BCUT2D eigenvalue weighted by atomic mass is 32.2. The van der Waals surface area contributed by atoms with Gasteiger partial charge in [0.15, 0.2) is 0 Å². The largest absolute Gasteiger partial charge is 0.280 e. The number of hydrogen-bond acceptors (Lipinski definition) is 4. The minimum Gasteiger partial charge on any atom is -0.280 e. The number of anilines is 1. The summed E-state index contributed by atoms with van der Waals surface area (Å²) in [5.41, 5.74) is 3.82. The lowest BCUT2D eigenvalue weighted by Crippen LogP contribution is -2.23. The summed E-state index contributed by atoms with van der Waals surface area (Å²) in [5.74, 6) is -0.979. The maximum Gasteiger partial charge on any atom is 0.274 e. The van der Waals surface area contributed by atoms with Crippen LogP contribution in [0.4, 0.5) is 10.1 Å². The standard InChI is InChI=1S/C20H17FN2O4S/c21-17-8-12-19(13-9-17)28(25,26)23-18-10-6-16(7-11-18)20(24)22-27-14-15-4-2-1-3-5-15/h1-13,23H,14H2,(H,22,24). The molecule has 28 heavy (non-hydrogen) atoms. The first-order valence-corrected chi connectivity index (χ1v) is 9.77. The molecule has 0 aliphatic heterocycles. The Morgan fingerprint density at radius 3 is 2.18 bits per heavy atom. The molecule has 0 spiro atoms. The highest BCUT2D eigenvalue weighted by Crippen LogP contribution is 2.17. The zero-order valence-corrected chi connectivity index (χ0v) is 15.4. The van der Waals surface area contributed by atoms with E-state index < -0.39 is 21.7 Å². The smallest absolute Gasteiger partial charge is 0.274 e. The first-order valence-electron chi connectivity index (χ1n) is 8.28. The number of rotatable bonds is 7. The highest BCUT2D eigenvalue weighted by Gasteiger charge is 2.14. The van der Waals surface area contributed by atoms with E-state index in [0.29, 0.717) is 5.56 Å².